The van der Waals surface area contributed by atoms with Crippen LogP contribution in [-0.4, -0.2) is 41.1 Å². The van der Waals surface area contributed by atoms with Crippen molar-refractivity contribution in [1.29, 1.82) is 5.26 Å². The molecule has 1 N–H and O–H groups in total. The van der Waals surface area contributed by atoms with E-state index in [2.05, 4.69) is 34.4 Å². The van der Waals surface area contributed by atoms with Crippen LogP contribution < -0.4 is 5.32 Å². The van der Waals surface area contributed by atoms with Gasteiger partial charge < -0.3 is 5.32 Å². The number of benzene rings is 1. The summed E-state index contributed by atoms with van der Waals surface area (Å²) in [6.45, 7) is 6.11. The van der Waals surface area contributed by atoms with Gasteiger partial charge in [-0.2, -0.15) is 18.4 Å². The Labute approximate surface area is 218 Å². The monoisotopic (exact) mass is 533 g/mol. The highest BCUT2D eigenvalue weighted by atomic mass is 35.5. The van der Waals surface area contributed by atoms with E-state index in [4.69, 9.17) is 11.6 Å². The largest absolute Gasteiger partial charge is 0.390 e. The maximum Gasteiger partial charge on any atom is 0.390 e. The molecule has 0 amide bonds. The number of aromatic nitrogens is 2. The van der Waals surface area contributed by atoms with E-state index in [1.54, 1.807) is 24.4 Å². The van der Waals surface area contributed by atoms with Gasteiger partial charge in [0.15, 0.2) is 0 Å². The van der Waals surface area contributed by atoms with E-state index >= 15 is 0 Å². The van der Waals surface area contributed by atoms with Gasteiger partial charge in [0.25, 0.3) is 0 Å². The average Bonchev–Trinajstić information content (AvgIpc) is 3.16. The predicted octanol–water partition coefficient (Wildman–Crippen LogP) is 6.79. The molecule has 1 aliphatic rings. The third-order valence-electron chi connectivity index (χ3n) is 5.97. The van der Waals surface area contributed by atoms with E-state index in [1.165, 1.54) is 20.0 Å². The van der Waals surface area contributed by atoms with Crippen LogP contribution in [0.15, 0.2) is 47.6 Å². The van der Waals surface area contributed by atoms with Crippen LogP contribution in [0.4, 0.5) is 17.6 Å². The maximum absolute atomic E-state index is 14.5. The zero-order chi connectivity index (χ0) is 27.3. The fourth-order valence-electron chi connectivity index (χ4n) is 3.95. The quantitative estimate of drug-likeness (QED) is 0.367. The highest BCUT2D eigenvalue weighted by Crippen LogP contribution is 2.33. The number of hydrogen-bond donors (Lipinski definition) is 1. The molecule has 0 fully saturated rings. The number of nitrogens with zero attached hydrogens (tertiary/aromatic N) is 4. The molecular weight excluding hydrogens is 506 g/mol. The summed E-state index contributed by atoms with van der Waals surface area (Å²) in [5.74, 6) is 0.585. The smallest absolute Gasteiger partial charge is 0.317 e. The number of nitriles is 1. The number of alkyl halides is 3. The van der Waals surface area contributed by atoms with Gasteiger partial charge in [-0.1, -0.05) is 31.5 Å². The highest BCUT2D eigenvalue weighted by Gasteiger charge is 2.29. The van der Waals surface area contributed by atoms with Gasteiger partial charge in [0.1, 0.15) is 17.7 Å². The second-order valence-electron chi connectivity index (χ2n) is 8.89. The zero-order valence-electron chi connectivity index (χ0n) is 21.0. The van der Waals surface area contributed by atoms with E-state index in [0.717, 1.165) is 0 Å². The number of hydrogen-bond acceptors (Lipinski definition) is 4. The number of rotatable bonds is 5. The molecule has 10 heteroatoms. The Morgan fingerprint density at radius 2 is 2.03 bits per heavy atom. The number of pyridine rings is 1. The SMILES string of the molecule is CCc1cc2c(cc1F)c(C#N)c(C1=NCC(C)C=C1)n2-c1cc(Cl)ccn1.CNC(C)CC(F)(F)F. The van der Waals surface area contributed by atoms with Crippen molar-refractivity contribution in [3.05, 3.63) is 70.3 Å². The van der Waals surface area contributed by atoms with Gasteiger partial charge in [0, 0.05) is 35.3 Å². The summed E-state index contributed by atoms with van der Waals surface area (Å²) in [6.07, 6.45) is 1.35. The van der Waals surface area contributed by atoms with Gasteiger partial charge in [-0.25, -0.2) is 9.37 Å². The van der Waals surface area contributed by atoms with Crippen LogP contribution in [0.5, 0.6) is 0 Å². The lowest BCUT2D eigenvalue weighted by Crippen LogP contribution is -2.27. The molecule has 2 atom stereocenters. The minimum absolute atomic E-state index is 0.316. The Morgan fingerprint density at radius 1 is 1.30 bits per heavy atom. The first-order valence-corrected chi connectivity index (χ1v) is 12.2. The first-order valence-electron chi connectivity index (χ1n) is 11.8. The van der Waals surface area contributed by atoms with Crippen molar-refractivity contribution < 1.29 is 17.6 Å². The standard InChI is InChI=1S/C22H18ClFN4.C5H10F3N/c1-3-14-8-20-16(10-18(14)24)17(11-25)22(19-5-4-13(2)12-27-19)28(20)21-9-15(23)6-7-26-21;1-4(9-2)3-5(6,7)8/h4-10,13H,3,12H2,1-2H3;4,9H,3H2,1-2H3. The summed E-state index contributed by atoms with van der Waals surface area (Å²) in [4.78, 5) is 9.11. The molecule has 0 radical (unpaired) electrons. The summed E-state index contributed by atoms with van der Waals surface area (Å²) >= 11 is 6.21. The Kier molecular flexibility index (Phi) is 9.11. The summed E-state index contributed by atoms with van der Waals surface area (Å²) in [5, 5.41) is 13.5. The lowest BCUT2D eigenvalue weighted by atomic mass is 10.0. The van der Waals surface area contributed by atoms with E-state index in [1.807, 2.05) is 17.6 Å². The third kappa shape index (κ3) is 6.76. The topological polar surface area (TPSA) is 66.0 Å². The molecule has 0 saturated carbocycles. The third-order valence-corrected chi connectivity index (χ3v) is 6.21. The van der Waals surface area contributed by atoms with Crippen LogP contribution in [0, 0.1) is 23.1 Å². The number of aryl methyl sites for hydroxylation is 1. The molecule has 5 nitrogen and oxygen atoms in total. The van der Waals surface area contributed by atoms with Gasteiger partial charge in [0.05, 0.1) is 28.9 Å². The zero-order valence-corrected chi connectivity index (χ0v) is 21.8. The van der Waals surface area contributed by atoms with Crippen LogP contribution in [0.3, 0.4) is 0 Å². The van der Waals surface area contributed by atoms with Gasteiger partial charge in [-0.3, -0.25) is 9.56 Å². The van der Waals surface area contributed by atoms with Crippen LogP contribution in [-0.2, 0) is 6.42 Å². The highest BCUT2D eigenvalue weighted by molar-refractivity contribution is 6.30. The number of aliphatic imine (C=N–C) groups is 1. The Balaban J connectivity index is 0.000000364. The number of dihydropyridines is 1. The molecular formula is C27H28ClF4N5. The van der Waals surface area contributed by atoms with Crippen molar-refractivity contribution >= 4 is 28.2 Å². The molecule has 196 valence electrons. The molecule has 1 aromatic carbocycles. The van der Waals surface area contributed by atoms with E-state index in [0.29, 0.717) is 63.2 Å². The van der Waals surface area contributed by atoms with Crippen LogP contribution in [0.1, 0.15) is 44.0 Å². The fourth-order valence-corrected chi connectivity index (χ4v) is 4.10. The van der Waals surface area contributed by atoms with E-state index in [-0.39, 0.29) is 5.82 Å². The lowest BCUT2D eigenvalue weighted by Gasteiger charge is -2.15. The minimum atomic E-state index is -4.04. The summed E-state index contributed by atoms with van der Waals surface area (Å²) in [7, 11) is 1.51. The molecule has 37 heavy (non-hydrogen) atoms. The second-order valence-corrected chi connectivity index (χ2v) is 9.33. The Bertz CT molecular complexity index is 1370. The molecule has 0 aliphatic carbocycles. The molecule has 0 spiro atoms. The van der Waals surface area contributed by atoms with Crippen molar-refractivity contribution in [2.24, 2.45) is 10.9 Å². The Hall–Kier alpha value is -3.22. The number of fused-ring (bicyclic) bond motifs is 1. The van der Waals surface area contributed by atoms with Gasteiger partial charge in [-0.05, 0) is 56.1 Å². The molecule has 3 heterocycles. The van der Waals surface area contributed by atoms with Gasteiger partial charge in [-0.15, -0.1) is 0 Å². The minimum Gasteiger partial charge on any atom is -0.317 e. The van der Waals surface area contributed by atoms with Crippen molar-refractivity contribution in [3.8, 4) is 11.9 Å². The molecule has 2 aromatic heterocycles. The predicted molar refractivity (Wildman–Crippen MR) is 139 cm³/mol. The average molecular weight is 534 g/mol. The van der Waals surface area contributed by atoms with Crippen LogP contribution in [0.25, 0.3) is 16.7 Å². The molecule has 4 rings (SSSR count). The second kappa shape index (κ2) is 11.9. The Morgan fingerprint density at radius 3 is 2.54 bits per heavy atom. The first-order chi connectivity index (χ1) is 17.5. The molecule has 1 aliphatic heterocycles. The normalized spacial score (nSPS) is 16.1. The lowest BCUT2D eigenvalue weighted by molar-refractivity contribution is -0.138. The number of halogens is 5. The fraction of sp³-hybridized carbons (Fsp3) is 0.370. The van der Waals surface area contributed by atoms with Crippen molar-refractivity contribution in [3.63, 3.8) is 0 Å². The molecule has 0 bridgehead atoms. The molecule has 0 saturated heterocycles. The maximum atomic E-state index is 14.5. The summed E-state index contributed by atoms with van der Waals surface area (Å²) in [6, 6.07) is 8.42. The molecule has 2 unspecified atom stereocenters. The van der Waals surface area contributed by atoms with Crippen molar-refractivity contribution in [1.82, 2.24) is 14.9 Å². The van der Waals surface area contributed by atoms with Crippen molar-refractivity contribution in [2.75, 3.05) is 13.6 Å². The molecule has 3 aromatic rings. The van der Waals surface area contributed by atoms with Crippen LogP contribution in [0.2, 0.25) is 5.02 Å². The first kappa shape index (κ1) is 28.4. The van der Waals surface area contributed by atoms with Crippen molar-refractivity contribution in [2.45, 2.75) is 45.8 Å². The number of nitrogens with one attached hydrogen (secondary N) is 1. The summed E-state index contributed by atoms with van der Waals surface area (Å²) < 4.78 is 50.8. The van der Waals surface area contributed by atoms with Gasteiger partial charge in [0.2, 0.25) is 0 Å². The van der Waals surface area contributed by atoms with E-state index < -0.39 is 18.6 Å². The summed E-state index contributed by atoms with van der Waals surface area (Å²) in [5.41, 5.74) is 2.98. The van der Waals surface area contributed by atoms with E-state index in [9.17, 15) is 22.8 Å². The van der Waals surface area contributed by atoms with Crippen LogP contribution >= 0.6 is 11.6 Å². The van der Waals surface area contributed by atoms with Gasteiger partial charge >= 0.3 is 6.18 Å². The number of allylic oxidation sites excluding steroid dienone is 1.